The van der Waals surface area contributed by atoms with Gasteiger partial charge >= 0.3 is 12.0 Å². The van der Waals surface area contributed by atoms with Crippen LogP contribution in [0.3, 0.4) is 0 Å². The third-order valence-electron chi connectivity index (χ3n) is 4.08. The van der Waals surface area contributed by atoms with Gasteiger partial charge in [0.05, 0.1) is 6.54 Å². The first-order valence-corrected chi connectivity index (χ1v) is 8.04. The number of amides is 2. The fraction of sp³-hybridized carbons (Fsp3) is 0.571. The smallest absolute Gasteiger partial charge is 0.320 e. The lowest BCUT2D eigenvalue weighted by Crippen LogP contribution is -2.54. The molecule has 1 aromatic rings. The highest BCUT2D eigenvalue weighted by Crippen LogP contribution is 2.24. The van der Waals surface area contributed by atoms with Gasteiger partial charge in [0.2, 0.25) is 0 Å². The molecular weight excluding hydrogens is 290 g/mol. The Morgan fingerprint density at radius 3 is 2.62 bits per heavy atom. The van der Waals surface area contributed by atoms with Crippen LogP contribution in [0.15, 0.2) is 11.4 Å². The first-order chi connectivity index (χ1) is 10.1. The van der Waals surface area contributed by atoms with Crippen molar-refractivity contribution >= 4 is 23.3 Å². The largest absolute Gasteiger partial charge is 0.480 e. The summed E-state index contributed by atoms with van der Waals surface area (Å²) in [4.78, 5) is 30.2. The van der Waals surface area contributed by atoms with E-state index in [0.717, 1.165) is 13.0 Å². The molecule has 0 bridgehead atoms. The molecule has 0 spiro atoms. The summed E-state index contributed by atoms with van der Waals surface area (Å²) in [6.45, 7) is 4.03. The maximum absolute atomic E-state index is 12.5. The standard InChI is InChI=1S/C14H19N3O3S/c18-13(19)10-15-4-6-16(7-5-15)14(20)17-3-1-12-11(9-17)2-8-21-12/h2,8H,1,3-7,9-10H2,(H,18,19). The van der Waals surface area contributed by atoms with Crippen molar-refractivity contribution in [2.45, 2.75) is 13.0 Å². The van der Waals surface area contributed by atoms with Gasteiger partial charge in [-0.15, -0.1) is 11.3 Å². The fourth-order valence-electron chi connectivity index (χ4n) is 2.90. The maximum Gasteiger partial charge on any atom is 0.320 e. The monoisotopic (exact) mass is 309 g/mol. The summed E-state index contributed by atoms with van der Waals surface area (Å²) in [6, 6.07) is 2.19. The molecule has 2 amide bonds. The van der Waals surface area contributed by atoms with Crippen molar-refractivity contribution in [1.82, 2.24) is 14.7 Å². The Morgan fingerprint density at radius 1 is 1.14 bits per heavy atom. The molecule has 0 aliphatic carbocycles. The first-order valence-electron chi connectivity index (χ1n) is 7.17. The van der Waals surface area contributed by atoms with E-state index in [1.165, 1.54) is 10.4 Å². The summed E-state index contributed by atoms with van der Waals surface area (Å²) in [5.41, 5.74) is 1.27. The molecule has 1 aromatic heterocycles. The van der Waals surface area contributed by atoms with E-state index in [9.17, 15) is 9.59 Å². The normalized spacial score (nSPS) is 19.4. The molecule has 0 radical (unpaired) electrons. The van der Waals surface area contributed by atoms with Crippen LogP contribution in [0.25, 0.3) is 0 Å². The van der Waals surface area contributed by atoms with Crippen molar-refractivity contribution in [2.75, 3.05) is 39.3 Å². The molecule has 0 atom stereocenters. The van der Waals surface area contributed by atoms with Crippen molar-refractivity contribution in [2.24, 2.45) is 0 Å². The van der Waals surface area contributed by atoms with Gasteiger partial charge in [-0.2, -0.15) is 0 Å². The molecule has 0 unspecified atom stereocenters. The average Bonchev–Trinajstić information content (AvgIpc) is 2.94. The average molecular weight is 309 g/mol. The number of carbonyl (C=O) groups is 2. The minimum Gasteiger partial charge on any atom is -0.480 e. The zero-order chi connectivity index (χ0) is 14.8. The highest BCUT2D eigenvalue weighted by atomic mass is 32.1. The number of rotatable bonds is 2. The third-order valence-corrected chi connectivity index (χ3v) is 5.10. The van der Waals surface area contributed by atoms with E-state index in [-0.39, 0.29) is 12.6 Å². The summed E-state index contributed by atoms with van der Waals surface area (Å²) in [7, 11) is 0. The summed E-state index contributed by atoms with van der Waals surface area (Å²) in [5, 5.41) is 10.9. The first kappa shape index (κ1) is 14.3. The molecule has 6 nitrogen and oxygen atoms in total. The molecule has 2 aliphatic rings. The number of urea groups is 1. The van der Waals surface area contributed by atoms with Gasteiger partial charge in [0.25, 0.3) is 0 Å². The van der Waals surface area contributed by atoms with E-state index < -0.39 is 5.97 Å². The second-order valence-electron chi connectivity index (χ2n) is 5.48. The molecule has 1 fully saturated rings. The van der Waals surface area contributed by atoms with Gasteiger partial charge in [0.1, 0.15) is 0 Å². The van der Waals surface area contributed by atoms with Crippen LogP contribution in [0.4, 0.5) is 4.79 Å². The van der Waals surface area contributed by atoms with Crippen molar-refractivity contribution < 1.29 is 14.7 Å². The fourth-order valence-corrected chi connectivity index (χ4v) is 3.79. The summed E-state index contributed by atoms with van der Waals surface area (Å²) < 4.78 is 0. The maximum atomic E-state index is 12.5. The van der Waals surface area contributed by atoms with Gasteiger partial charge in [-0.05, 0) is 23.4 Å². The Morgan fingerprint density at radius 2 is 1.90 bits per heavy atom. The number of nitrogens with zero attached hydrogens (tertiary/aromatic N) is 3. The minimum atomic E-state index is -0.809. The summed E-state index contributed by atoms with van der Waals surface area (Å²) in [6.07, 6.45) is 0.942. The van der Waals surface area contributed by atoms with Crippen LogP contribution in [0.5, 0.6) is 0 Å². The second kappa shape index (κ2) is 6.03. The quantitative estimate of drug-likeness (QED) is 0.883. The van der Waals surface area contributed by atoms with Gasteiger partial charge in [0.15, 0.2) is 0 Å². The van der Waals surface area contributed by atoms with Crippen LogP contribution in [-0.2, 0) is 17.8 Å². The zero-order valence-electron chi connectivity index (χ0n) is 11.8. The van der Waals surface area contributed by atoms with Gasteiger partial charge in [0, 0.05) is 44.1 Å². The highest BCUT2D eigenvalue weighted by molar-refractivity contribution is 7.10. The number of aliphatic carboxylic acids is 1. The molecule has 0 saturated carbocycles. The van der Waals surface area contributed by atoms with Crippen molar-refractivity contribution in [1.29, 1.82) is 0 Å². The van der Waals surface area contributed by atoms with Crippen LogP contribution in [0.2, 0.25) is 0 Å². The molecule has 114 valence electrons. The lowest BCUT2D eigenvalue weighted by Gasteiger charge is -2.38. The zero-order valence-corrected chi connectivity index (χ0v) is 12.6. The number of thiophene rings is 1. The molecule has 3 heterocycles. The van der Waals surface area contributed by atoms with Crippen molar-refractivity contribution in [3.63, 3.8) is 0 Å². The Kier molecular flexibility index (Phi) is 4.12. The number of hydrogen-bond donors (Lipinski definition) is 1. The lowest BCUT2D eigenvalue weighted by atomic mass is 10.1. The third kappa shape index (κ3) is 3.19. The Balaban J connectivity index is 1.54. The Hall–Kier alpha value is -1.60. The Bertz CT molecular complexity index is 537. The van der Waals surface area contributed by atoms with E-state index in [1.54, 1.807) is 11.3 Å². The van der Waals surface area contributed by atoms with Gasteiger partial charge in [-0.25, -0.2) is 4.79 Å². The van der Waals surface area contributed by atoms with Crippen LogP contribution in [0.1, 0.15) is 10.4 Å². The van der Waals surface area contributed by atoms with Crippen LogP contribution in [0, 0.1) is 0 Å². The minimum absolute atomic E-state index is 0.0595. The van der Waals surface area contributed by atoms with E-state index in [2.05, 4.69) is 11.4 Å². The molecule has 1 N–H and O–H groups in total. The van der Waals surface area contributed by atoms with Gasteiger partial charge < -0.3 is 14.9 Å². The predicted molar refractivity (Wildman–Crippen MR) is 79.5 cm³/mol. The lowest BCUT2D eigenvalue weighted by molar-refractivity contribution is -0.138. The highest BCUT2D eigenvalue weighted by Gasteiger charge is 2.28. The van der Waals surface area contributed by atoms with E-state index in [4.69, 9.17) is 5.11 Å². The Labute approximate surface area is 127 Å². The topological polar surface area (TPSA) is 64.1 Å². The van der Waals surface area contributed by atoms with E-state index in [0.29, 0.717) is 32.7 Å². The second-order valence-corrected chi connectivity index (χ2v) is 6.48. The van der Waals surface area contributed by atoms with E-state index in [1.807, 2.05) is 14.7 Å². The summed E-state index contributed by atoms with van der Waals surface area (Å²) in [5.74, 6) is -0.809. The number of carboxylic acid groups (broad SMARTS) is 1. The van der Waals surface area contributed by atoms with Crippen molar-refractivity contribution in [3.8, 4) is 0 Å². The molecular formula is C14H19N3O3S. The van der Waals surface area contributed by atoms with Crippen LogP contribution in [-0.4, -0.2) is 71.1 Å². The van der Waals surface area contributed by atoms with Gasteiger partial charge in [-0.1, -0.05) is 0 Å². The molecule has 3 rings (SSSR count). The van der Waals surface area contributed by atoms with E-state index >= 15 is 0 Å². The number of carbonyl (C=O) groups excluding carboxylic acids is 1. The SMILES string of the molecule is O=C(O)CN1CCN(C(=O)N2CCc3sccc3C2)CC1. The molecule has 21 heavy (non-hydrogen) atoms. The predicted octanol–water partition coefficient (Wildman–Crippen LogP) is 0.928. The molecule has 1 saturated heterocycles. The number of fused-ring (bicyclic) bond motifs is 1. The summed E-state index contributed by atoms with van der Waals surface area (Å²) >= 11 is 1.77. The number of hydrogen-bond acceptors (Lipinski definition) is 4. The number of piperazine rings is 1. The molecule has 0 aromatic carbocycles. The number of carboxylic acids is 1. The van der Waals surface area contributed by atoms with Crippen molar-refractivity contribution in [3.05, 3.63) is 21.9 Å². The van der Waals surface area contributed by atoms with Crippen LogP contribution < -0.4 is 0 Å². The molecule has 7 heteroatoms. The molecule has 2 aliphatic heterocycles. The van der Waals surface area contributed by atoms with Crippen LogP contribution >= 0.6 is 11.3 Å². The van der Waals surface area contributed by atoms with Gasteiger partial charge in [-0.3, -0.25) is 9.69 Å².